The van der Waals surface area contributed by atoms with Gasteiger partial charge >= 0.3 is 11.9 Å². The number of hydrogen-bond donors (Lipinski definition) is 0. The van der Waals surface area contributed by atoms with Gasteiger partial charge < -0.3 is 4.74 Å². The Morgan fingerprint density at radius 2 is 1.65 bits per heavy atom. The highest BCUT2D eigenvalue weighted by Gasteiger charge is 2.63. The molecule has 2 bridgehead atoms. The maximum atomic E-state index is 11.7. The lowest BCUT2D eigenvalue weighted by molar-refractivity contribution is -0.154. The van der Waals surface area contributed by atoms with Gasteiger partial charge in [0.25, 0.3) is 0 Å². The topological polar surface area (TPSA) is 67.2 Å². The van der Waals surface area contributed by atoms with Crippen molar-refractivity contribution in [2.75, 3.05) is 0 Å². The Balaban J connectivity index is 1.84. The van der Waals surface area contributed by atoms with Crippen LogP contribution in [0.3, 0.4) is 0 Å². The van der Waals surface area contributed by atoms with Crippen LogP contribution in [-0.4, -0.2) is 11.9 Å². The van der Waals surface area contributed by atoms with E-state index in [1.807, 2.05) is 18.2 Å². The number of carbonyl (C=O) groups excluding carboxylic acids is 2. The molecule has 0 aromatic rings. The third kappa shape index (κ3) is 0.858. The zero-order valence-electron chi connectivity index (χ0n) is 8.87. The molecule has 5 aliphatic rings. The van der Waals surface area contributed by atoms with Gasteiger partial charge in [0.15, 0.2) is 0 Å². The van der Waals surface area contributed by atoms with Crippen molar-refractivity contribution >= 4 is 11.9 Å². The Morgan fingerprint density at radius 1 is 1.00 bits per heavy atom. The maximum absolute atomic E-state index is 11.7. The third-order valence-electron chi connectivity index (χ3n) is 4.65. The molecule has 0 radical (unpaired) electrons. The van der Waals surface area contributed by atoms with Crippen molar-refractivity contribution in [1.29, 1.82) is 5.26 Å². The number of nitrogens with zero attached hydrogens (tertiary/aromatic N) is 1. The van der Waals surface area contributed by atoms with Crippen molar-refractivity contribution < 1.29 is 14.3 Å². The average Bonchev–Trinajstić information content (AvgIpc) is 2.57. The summed E-state index contributed by atoms with van der Waals surface area (Å²) in [5.41, 5.74) is 0.764. The molecule has 1 saturated carbocycles. The van der Waals surface area contributed by atoms with Crippen LogP contribution in [0.2, 0.25) is 0 Å². The normalized spacial score (nSPS) is 48.8. The summed E-state index contributed by atoms with van der Waals surface area (Å²) in [7, 11) is 0. The summed E-state index contributed by atoms with van der Waals surface area (Å²) in [5, 5.41) is 8.99. The number of carbonyl (C=O) groups is 2. The highest BCUT2D eigenvalue weighted by Crippen LogP contribution is 2.60. The molecular formula is C13H9NO3. The summed E-state index contributed by atoms with van der Waals surface area (Å²) in [6.45, 7) is 0. The van der Waals surface area contributed by atoms with Crippen LogP contribution < -0.4 is 0 Å². The molecule has 2 fully saturated rings. The van der Waals surface area contributed by atoms with E-state index >= 15 is 0 Å². The van der Waals surface area contributed by atoms with Crippen LogP contribution in [0.25, 0.3) is 0 Å². The van der Waals surface area contributed by atoms with E-state index in [1.165, 1.54) is 0 Å². The summed E-state index contributed by atoms with van der Waals surface area (Å²) in [5.74, 6) is -1.03. The largest absolute Gasteiger partial charge is 0.393 e. The highest BCUT2D eigenvalue weighted by molar-refractivity contribution is 5.98. The Labute approximate surface area is 97.5 Å². The zero-order valence-corrected chi connectivity index (χ0v) is 8.87. The lowest BCUT2D eigenvalue weighted by Crippen LogP contribution is -2.52. The van der Waals surface area contributed by atoms with Crippen molar-refractivity contribution in [1.82, 2.24) is 0 Å². The summed E-state index contributed by atoms with van der Waals surface area (Å²) in [6, 6.07) is 2.18. The van der Waals surface area contributed by atoms with Gasteiger partial charge in [-0.3, -0.25) is 9.59 Å². The fourth-order valence-electron chi connectivity index (χ4n) is 3.97. The Hall–Kier alpha value is -1.89. The van der Waals surface area contributed by atoms with E-state index in [0.29, 0.717) is 0 Å². The number of hydrogen-bond acceptors (Lipinski definition) is 4. The van der Waals surface area contributed by atoms with Crippen LogP contribution in [-0.2, 0) is 14.3 Å². The van der Waals surface area contributed by atoms with Gasteiger partial charge in [0, 0.05) is 11.5 Å². The lowest BCUT2D eigenvalue weighted by Gasteiger charge is -2.52. The molecule has 4 nitrogen and oxygen atoms in total. The minimum absolute atomic E-state index is 0.0198. The SMILES string of the molecule is N#CC1=C[C@@H]2[C@H]3C=C[C@@H]([C@@H]12)[C@H]1C(=O)OC(=O)[C@H]31. The van der Waals surface area contributed by atoms with Gasteiger partial charge in [-0.05, 0) is 17.8 Å². The van der Waals surface area contributed by atoms with Crippen molar-refractivity contribution in [2.24, 2.45) is 35.5 Å². The fourth-order valence-corrected chi connectivity index (χ4v) is 3.97. The average molecular weight is 227 g/mol. The second-order valence-electron chi connectivity index (χ2n) is 5.17. The molecule has 4 aliphatic carbocycles. The van der Waals surface area contributed by atoms with Crippen LogP contribution in [0, 0.1) is 46.8 Å². The summed E-state index contributed by atoms with van der Waals surface area (Å²) in [6.07, 6.45) is 5.97. The Kier molecular flexibility index (Phi) is 1.44. The first-order chi connectivity index (χ1) is 8.22. The molecule has 5 rings (SSSR count). The van der Waals surface area contributed by atoms with Gasteiger partial charge in [-0.2, -0.15) is 5.26 Å². The van der Waals surface area contributed by atoms with E-state index in [1.54, 1.807) is 0 Å². The van der Waals surface area contributed by atoms with Crippen LogP contribution in [0.5, 0.6) is 0 Å². The maximum Gasteiger partial charge on any atom is 0.318 e. The van der Waals surface area contributed by atoms with E-state index in [2.05, 4.69) is 6.07 Å². The molecule has 4 heteroatoms. The van der Waals surface area contributed by atoms with Crippen LogP contribution in [0.15, 0.2) is 23.8 Å². The molecule has 6 atom stereocenters. The predicted octanol–water partition coefficient (Wildman–Crippen LogP) is 0.814. The number of allylic oxidation sites excluding steroid dienone is 4. The van der Waals surface area contributed by atoms with Gasteiger partial charge in [0.1, 0.15) is 0 Å². The summed E-state index contributed by atoms with van der Waals surface area (Å²) < 4.78 is 4.76. The van der Waals surface area contributed by atoms with Crippen LogP contribution in [0.4, 0.5) is 0 Å². The quantitative estimate of drug-likeness (QED) is 0.349. The van der Waals surface area contributed by atoms with Gasteiger partial charge in [0.05, 0.1) is 17.9 Å². The van der Waals surface area contributed by atoms with Crippen LogP contribution >= 0.6 is 0 Å². The number of rotatable bonds is 0. The number of ether oxygens (including phenoxy) is 1. The van der Waals surface area contributed by atoms with Crippen molar-refractivity contribution in [3.8, 4) is 6.07 Å². The van der Waals surface area contributed by atoms with Gasteiger partial charge in [-0.1, -0.05) is 18.2 Å². The molecule has 0 spiro atoms. The first-order valence-corrected chi connectivity index (χ1v) is 5.78. The van der Waals surface area contributed by atoms with E-state index in [0.717, 1.165) is 5.57 Å². The Morgan fingerprint density at radius 3 is 2.35 bits per heavy atom. The van der Waals surface area contributed by atoms with Gasteiger partial charge in [0.2, 0.25) is 0 Å². The fraction of sp³-hybridized carbons (Fsp3) is 0.462. The van der Waals surface area contributed by atoms with Crippen molar-refractivity contribution in [3.05, 3.63) is 23.8 Å². The number of nitriles is 1. The standard InChI is InChI=1S/C13H9NO3/c14-4-5-3-8-6-1-2-7(9(5)8)11-10(6)12(15)17-13(11)16/h1-3,6-11H/t6-,7+,8-,9-,10-,11-/m1/s1. The lowest BCUT2D eigenvalue weighted by atomic mass is 9.48. The first kappa shape index (κ1) is 9.17. The second kappa shape index (κ2) is 2.67. The minimum Gasteiger partial charge on any atom is -0.393 e. The smallest absolute Gasteiger partial charge is 0.318 e. The minimum atomic E-state index is -0.401. The second-order valence-corrected chi connectivity index (χ2v) is 5.17. The predicted molar refractivity (Wildman–Crippen MR) is 54.9 cm³/mol. The van der Waals surface area contributed by atoms with Crippen molar-refractivity contribution in [3.63, 3.8) is 0 Å². The molecule has 84 valence electrons. The monoisotopic (exact) mass is 227 g/mol. The molecule has 1 heterocycles. The molecule has 0 unspecified atom stereocenters. The zero-order chi connectivity index (χ0) is 11.7. The van der Waals surface area contributed by atoms with E-state index in [4.69, 9.17) is 10.00 Å². The molecule has 0 amide bonds. The molecular weight excluding hydrogens is 218 g/mol. The van der Waals surface area contributed by atoms with E-state index in [9.17, 15) is 9.59 Å². The summed E-state index contributed by atoms with van der Waals surface area (Å²) >= 11 is 0. The number of cyclic esters (lactones) is 2. The molecule has 1 saturated heterocycles. The first-order valence-electron chi connectivity index (χ1n) is 5.78. The molecule has 0 aromatic heterocycles. The molecule has 0 N–H and O–H groups in total. The van der Waals surface area contributed by atoms with Crippen molar-refractivity contribution in [2.45, 2.75) is 0 Å². The highest BCUT2D eigenvalue weighted by atomic mass is 16.6. The van der Waals surface area contributed by atoms with Gasteiger partial charge in [-0.25, -0.2) is 0 Å². The third-order valence-corrected chi connectivity index (χ3v) is 4.65. The molecule has 1 aliphatic heterocycles. The van der Waals surface area contributed by atoms with E-state index in [-0.39, 0.29) is 41.5 Å². The summed E-state index contributed by atoms with van der Waals surface area (Å²) in [4.78, 5) is 23.4. The van der Waals surface area contributed by atoms with E-state index < -0.39 is 5.97 Å². The molecule has 17 heavy (non-hydrogen) atoms. The number of esters is 2. The van der Waals surface area contributed by atoms with Crippen LogP contribution in [0.1, 0.15) is 0 Å². The molecule has 0 aromatic carbocycles. The Bertz CT molecular complexity index is 554. The van der Waals surface area contributed by atoms with Gasteiger partial charge in [-0.15, -0.1) is 0 Å².